The van der Waals surface area contributed by atoms with Crippen molar-refractivity contribution in [1.29, 1.82) is 0 Å². The molecule has 0 unspecified atom stereocenters. The van der Waals surface area contributed by atoms with E-state index in [0.29, 0.717) is 19.4 Å². The monoisotopic (exact) mass is 250 g/mol. The van der Waals surface area contributed by atoms with E-state index in [-0.39, 0.29) is 23.7 Å². The average Bonchev–Trinajstić information content (AvgIpc) is 2.65. The zero-order chi connectivity index (χ0) is 12.0. The number of unbranched alkanes of at least 4 members (excludes halogenated alkanes) is 3. The quantitative estimate of drug-likeness (QED) is 0.688. The third-order valence-corrected chi connectivity index (χ3v) is 5.50. The van der Waals surface area contributed by atoms with Gasteiger partial charge in [0.25, 0.3) is 0 Å². The lowest BCUT2D eigenvalue weighted by Crippen LogP contribution is -2.30. The van der Waals surface area contributed by atoms with Crippen LogP contribution in [0.25, 0.3) is 0 Å². The van der Waals surface area contributed by atoms with Crippen LogP contribution in [0.4, 0.5) is 0 Å². The number of hydrogen-bond donors (Lipinski definition) is 1. The molecule has 0 bridgehead atoms. The van der Waals surface area contributed by atoms with E-state index in [1.54, 1.807) is 0 Å². The molecular weight excluding hydrogens is 228 g/mol. The summed E-state index contributed by atoms with van der Waals surface area (Å²) in [7, 11) is -2.98. The van der Waals surface area contributed by atoms with E-state index < -0.39 is 9.84 Å². The minimum absolute atomic E-state index is 0.151. The maximum Gasteiger partial charge on any atom is 0.155 e. The van der Waals surface area contributed by atoms with Gasteiger partial charge in [0, 0.05) is 13.2 Å². The molecule has 2 atom stereocenters. The van der Waals surface area contributed by atoms with Gasteiger partial charge in [-0.25, -0.2) is 8.42 Å². The van der Waals surface area contributed by atoms with Crippen LogP contribution >= 0.6 is 0 Å². The molecule has 0 radical (unpaired) electrons. The lowest BCUT2D eigenvalue weighted by Gasteiger charge is -2.14. The second kappa shape index (κ2) is 6.57. The lowest BCUT2D eigenvalue weighted by atomic mass is 10.2. The first kappa shape index (κ1) is 13.9. The molecule has 0 amide bonds. The Morgan fingerprint density at radius 2 is 1.94 bits per heavy atom. The Kier molecular flexibility index (Phi) is 5.72. The molecule has 1 aliphatic heterocycles. The van der Waals surface area contributed by atoms with Gasteiger partial charge in [-0.1, -0.05) is 12.8 Å². The maximum atomic E-state index is 11.9. The zero-order valence-corrected chi connectivity index (χ0v) is 10.7. The van der Waals surface area contributed by atoms with Crippen molar-refractivity contribution in [3.8, 4) is 0 Å². The third kappa shape index (κ3) is 4.03. The molecule has 0 aliphatic carbocycles. The molecule has 1 aliphatic rings. The molecule has 0 aromatic heterocycles. The molecule has 96 valence electrons. The Hall–Kier alpha value is -0.130. The van der Waals surface area contributed by atoms with Crippen LogP contribution in [0.2, 0.25) is 0 Å². The summed E-state index contributed by atoms with van der Waals surface area (Å²) in [6.07, 6.45) is 3.74. The van der Waals surface area contributed by atoms with Crippen molar-refractivity contribution >= 4 is 9.84 Å². The second-order valence-electron chi connectivity index (χ2n) is 4.41. The number of aliphatic hydroxyl groups excluding tert-OH is 1. The second-order valence-corrected chi connectivity index (χ2v) is 6.75. The van der Waals surface area contributed by atoms with Crippen LogP contribution in [-0.4, -0.2) is 43.8 Å². The summed E-state index contributed by atoms with van der Waals surface area (Å²) >= 11 is 0. The van der Waals surface area contributed by atoms with Crippen LogP contribution in [0.3, 0.4) is 0 Å². The minimum Gasteiger partial charge on any atom is -0.396 e. The van der Waals surface area contributed by atoms with Crippen LogP contribution in [0, 0.1) is 0 Å². The van der Waals surface area contributed by atoms with E-state index in [1.807, 2.05) is 6.92 Å². The normalized spacial score (nSPS) is 26.1. The molecule has 1 rings (SSSR count). The van der Waals surface area contributed by atoms with Crippen LogP contribution in [-0.2, 0) is 14.6 Å². The molecule has 5 heteroatoms. The predicted octanol–water partition coefficient (Wildman–Crippen LogP) is 1.13. The number of aliphatic hydroxyl groups is 1. The Morgan fingerprint density at radius 1 is 1.25 bits per heavy atom. The van der Waals surface area contributed by atoms with E-state index in [2.05, 4.69) is 0 Å². The molecular formula is C11H22O4S. The fourth-order valence-electron chi connectivity index (χ4n) is 2.10. The minimum atomic E-state index is -2.98. The van der Waals surface area contributed by atoms with Crippen molar-refractivity contribution in [1.82, 2.24) is 0 Å². The van der Waals surface area contributed by atoms with Crippen molar-refractivity contribution in [2.75, 3.05) is 19.0 Å². The van der Waals surface area contributed by atoms with Gasteiger partial charge >= 0.3 is 0 Å². The standard InChI is InChI=1S/C11H22O4S/c1-10-11(6-8-15-10)16(13,14)9-5-3-2-4-7-12/h10-12H,2-9H2,1H3/t10-,11-/m0/s1. The molecule has 4 nitrogen and oxygen atoms in total. The lowest BCUT2D eigenvalue weighted by molar-refractivity contribution is 0.126. The summed E-state index contributed by atoms with van der Waals surface area (Å²) in [5.41, 5.74) is 0. The van der Waals surface area contributed by atoms with Crippen molar-refractivity contribution in [3.63, 3.8) is 0 Å². The summed E-state index contributed by atoms with van der Waals surface area (Å²) in [4.78, 5) is 0. The van der Waals surface area contributed by atoms with Crippen LogP contribution < -0.4 is 0 Å². The first-order chi connectivity index (χ1) is 7.58. The van der Waals surface area contributed by atoms with Crippen molar-refractivity contribution in [3.05, 3.63) is 0 Å². The summed E-state index contributed by atoms with van der Waals surface area (Å²) < 4.78 is 29.2. The fraction of sp³-hybridized carbons (Fsp3) is 1.00. The van der Waals surface area contributed by atoms with E-state index in [9.17, 15) is 8.42 Å². The van der Waals surface area contributed by atoms with Crippen LogP contribution in [0.5, 0.6) is 0 Å². The molecule has 16 heavy (non-hydrogen) atoms. The van der Waals surface area contributed by atoms with Gasteiger partial charge in [-0.15, -0.1) is 0 Å². The van der Waals surface area contributed by atoms with Gasteiger partial charge in [-0.05, 0) is 26.2 Å². The van der Waals surface area contributed by atoms with Gasteiger partial charge in [-0.3, -0.25) is 0 Å². The van der Waals surface area contributed by atoms with E-state index in [1.165, 1.54) is 0 Å². The Balaban J connectivity index is 2.29. The van der Waals surface area contributed by atoms with Gasteiger partial charge in [-0.2, -0.15) is 0 Å². The van der Waals surface area contributed by atoms with E-state index in [0.717, 1.165) is 19.3 Å². The highest BCUT2D eigenvalue weighted by Gasteiger charge is 2.34. The van der Waals surface area contributed by atoms with Gasteiger partial charge in [0.15, 0.2) is 9.84 Å². The van der Waals surface area contributed by atoms with Crippen molar-refractivity contribution in [2.45, 2.75) is 50.4 Å². The fourth-order valence-corrected chi connectivity index (χ4v) is 4.13. The SMILES string of the molecule is C[C@@H]1OCC[C@@H]1S(=O)(=O)CCCCCCO. The number of rotatable bonds is 7. The molecule has 0 saturated carbocycles. The number of hydrogen-bond acceptors (Lipinski definition) is 4. The first-order valence-corrected chi connectivity index (χ1v) is 7.73. The summed E-state index contributed by atoms with van der Waals surface area (Å²) in [5.74, 6) is 0.261. The van der Waals surface area contributed by atoms with E-state index in [4.69, 9.17) is 9.84 Å². The topological polar surface area (TPSA) is 63.6 Å². The van der Waals surface area contributed by atoms with Gasteiger partial charge in [0.05, 0.1) is 17.1 Å². The molecule has 0 spiro atoms. The maximum absolute atomic E-state index is 11.9. The average molecular weight is 250 g/mol. The molecule has 0 aromatic rings. The number of sulfone groups is 1. The highest BCUT2D eigenvalue weighted by atomic mass is 32.2. The summed E-state index contributed by atoms with van der Waals surface area (Å²) in [6, 6.07) is 0. The smallest absolute Gasteiger partial charge is 0.155 e. The van der Waals surface area contributed by atoms with E-state index >= 15 is 0 Å². The molecule has 1 N–H and O–H groups in total. The first-order valence-electron chi connectivity index (χ1n) is 6.02. The molecule has 1 saturated heterocycles. The van der Waals surface area contributed by atoms with Crippen molar-refractivity contribution in [2.24, 2.45) is 0 Å². The van der Waals surface area contributed by atoms with Crippen molar-refractivity contribution < 1.29 is 18.3 Å². The number of ether oxygens (including phenoxy) is 1. The molecule has 1 fully saturated rings. The van der Waals surface area contributed by atoms with Crippen LogP contribution in [0.1, 0.15) is 39.0 Å². The third-order valence-electron chi connectivity index (χ3n) is 3.10. The highest BCUT2D eigenvalue weighted by molar-refractivity contribution is 7.92. The predicted molar refractivity (Wildman–Crippen MR) is 63.2 cm³/mol. The zero-order valence-electron chi connectivity index (χ0n) is 9.89. The largest absolute Gasteiger partial charge is 0.396 e. The van der Waals surface area contributed by atoms with Gasteiger partial charge in [0.1, 0.15) is 0 Å². The van der Waals surface area contributed by atoms with Gasteiger partial charge < -0.3 is 9.84 Å². The highest BCUT2D eigenvalue weighted by Crippen LogP contribution is 2.22. The Labute approximate surface area is 97.9 Å². The van der Waals surface area contributed by atoms with Gasteiger partial charge in [0.2, 0.25) is 0 Å². The molecule has 0 aromatic carbocycles. The summed E-state index contributed by atoms with van der Waals surface area (Å²) in [6.45, 7) is 2.59. The Morgan fingerprint density at radius 3 is 2.50 bits per heavy atom. The Bertz CT molecular complexity index is 286. The van der Waals surface area contributed by atoms with Crippen LogP contribution in [0.15, 0.2) is 0 Å². The molecule has 1 heterocycles. The summed E-state index contributed by atoms with van der Waals surface area (Å²) in [5, 5.41) is 8.30.